The van der Waals surface area contributed by atoms with Gasteiger partial charge in [0.1, 0.15) is 0 Å². The molecule has 0 aromatic heterocycles. The van der Waals surface area contributed by atoms with Gasteiger partial charge in [0.05, 0.1) is 0 Å². The summed E-state index contributed by atoms with van der Waals surface area (Å²) in [5, 5.41) is 10.3. The molecule has 96 valence electrons. The molecular weight excluding hydrogens is 306 g/mol. The van der Waals surface area contributed by atoms with Crippen molar-refractivity contribution >= 4 is 21.8 Å². The molecule has 3 nitrogen and oxygen atoms in total. The fraction of sp³-hybridized carbons (Fsp3) is 0.133. The summed E-state index contributed by atoms with van der Waals surface area (Å²) in [6.07, 6.45) is -0.865. The third-order valence-electron chi connectivity index (χ3n) is 3.32. The third-order valence-corrected chi connectivity index (χ3v) is 4.10. The summed E-state index contributed by atoms with van der Waals surface area (Å²) in [5.74, 6) is -0.126. The van der Waals surface area contributed by atoms with Gasteiger partial charge in [0.15, 0.2) is 6.23 Å². The van der Waals surface area contributed by atoms with Crippen LogP contribution in [0.5, 0.6) is 0 Å². The van der Waals surface area contributed by atoms with Crippen molar-refractivity contribution in [1.82, 2.24) is 4.90 Å². The average Bonchev–Trinajstić information content (AvgIpc) is 2.67. The lowest BCUT2D eigenvalue weighted by Crippen LogP contribution is -2.27. The number of hydrogen-bond acceptors (Lipinski definition) is 2. The first-order chi connectivity index (χ1) is 9.18. The van der Waals surface area contributed by atoms with E-state index < -0.39 is 6.23 Å². The summed E-state index contributed by atoms with van der Waals surface area (Å²) in [6, 6.07) is 14.9. The Morgan fingerprint density at radius 1 is 1.11 bits per heavy atom. The smallest absolute Gasteiger partial charge is 0.256 e. The minimum Gasteiger partial charge on any atom is -0.369 e. The number of aliphatic hydroxyl groups is 1. The first kappa shape index (κ1) is 12.4. The van der Waals surface area contributed by atoms with Gasteiger partial charge >= 0.3 is 0 Å². The fourth-order valence-electron chi connectivity index (χ4n) is 2.32. The maximum atomic E-state index is 12.3. The summed E-state index contributed by atoms with van der Waals surface area (Å²) in [7, 11) is 0. The Morgan fingerprint density at radius 2 is 1.79 bits per heavy atom. The summed E-state index contributed by atoms with van der Waals surface area (Å²) < 4.78 is 0.936. The normalized spacial score (nSPS) is 17.7. The number of nitrogens with zero attached hydrogens (tertiary/aromatic N) is 1. The highest BCUT2D eigenvalue weighted by Gasteiger charge is 2.35. The van der Waals surface area contributed by atoms with E-state index in [1.807, 2.05) is 36.4 Å². The zero-order chi connectivity index (χ0) is 13.4. The number of carbonyl (C=O) groups is 1. The van der Waals surface area contributed by atoms with E-state index in [0.29, 0.717) is 17.7 Å². The molecule has 4 heteroatoms. The molecule has 0 saturated heterocycles. The van der Waals surface area contributed by atoms with E-state index >= 15 is 0 Å². The SMILES string of the molecule is O=C1c2ccccc2C(O)N1Cc1ccccc1Br. The molecule has 1 amide bonds. The lowest BCUT2D eigenvalue weighted by molar-refractivity contribution is 0.0136. The highest BCUT2D eigenvalue weighted by molar-refractivity contribution is 9.10. The molecule has 2 aromatic rings. The van der Waals surface area contributed by atoms with Gasteiger partial charge in [-0.3, -0.25) is 4.79 Å². The van der Waals surface area contributed by atoms with E-state index in [2.05, 4.69) is 15.9 Å². The van der Waals surface area contributed by atoms with Gasteiger partial charge in [-0.25, -0.2) is 0 Å². The number of hydrogen-bond donors (Lipinski definition) is 1. The first-order valence-electron chi connectivity index (χ1n) is 6.00. The molecule has 0 fully saturated rings. The topological polar surface area (TPSA) is 40.5 Å². The lowest BCUT2D eigenvalue weighted by atomic mass is 10.1. The quantitative estimate of drug-likeness (QED) is 0.924. The average molecular weight is 318 g/mol. The molecule has 0 spiro atoms. The van der Waals surface area contributed by atoms with Crippen LogP contribution in [0, 0.1) is 0 Å². The van der Waals surface area contributed by atoms with Crippen molar-refractivity contribution in [2.24, 2.45) is 0 Å². The van der Waals surface area contributed by atoms with Crippen molar-refractivity contribution in [3.8, 4) is 0 Å². The van der Waals surface area contributed by atoms with Crippen LogP contribution >= 0.6 is 15.9 Å². The molecule has 0 radical (unpaired) electrons. The van der Waals surface area contributed by atoms with Gasteiger partial charge < -0.3 is 10.0 Å². The third kappa shape index (κ3) is 2.07. The van der Waals surface area contributed by atoms with Crippen molar-refractivity contribution in [1.29, 1.82) is 0 Å². The van der Waals surface area contributed by atoms with E-state index in [4.69, 9.17) is 0 Å². The van der Waals surface area contributed by atoms with Crippen molar-refractivity contribution in [2.45, 2.75) is 12.8 Å². The molecule has 0 aliphatic carbocycles. The fourth-order valence-corrected chi connectivity index (χ4v) is 2.73. The molecule has 1 aliphatic heterocycles. The van der Waals surface area contributed by atoms with Crippen LogP contribution in [0.15, 0.2) is 53.0 Å². The number of rotatable bonds is 2. The molecule has 1 unspecified atom stereocenters. The van der Waals surface area contributed by atoms with Gasteiger partial charge in [-0.15, -0.1) is 0 Å². The Morgan fingerprint density at radius 3 is 2.53 bits per heavy atom. The second-order valence-electron chi connectivity index (χ2n) is 4.49. The second kappa shape index (κ2) is 4.79. The van der Waals surface area contributed by atoms with Crippen molar-refractivity contribution in [3.05, 3.63) is 69.7 Å². The number of benzene rings is 2. The summed E-state index contributed by atoms with van der Waals surface area (Å²) in [4.78, 5) is 13.8. The van der Waals surface area contributed by atoms with Gasteiger partial charge in [-0.05, 0) is 17.7 Å². The number of halogens is 1. The Balaban J connectivity index is 1.93. The van der Waals surface area contributed by atoms with Crippen molar-refractivity contribution in [2.75, 3.05) is 0 Å². The van der Waals surface area contributed by atoms with E-state index in [1.165, 1.54) is 4.90 Å². The molecule has 2 aromatic carbocycles. The standard InChI is InChI=1S/C15H12BrNO2/c16-13-8-4-1-5-10(13)9-17-14(18)11-6-2-3-7-12(11)15(17)19/h1-8,14,18H,9H2. The van der Waals surface area contributed by atoms with Crippen LogP contribution in [0.25, 0.3) is 0 Å². The highest BCUT2D eigenvalue weighted by Crippen LogP contribution is 2.33. The molecule has 0 saturated carbocycles. The van der Waals surface area contributed by atoms with Gasteiger partial charge in [0.25, 0.3) is 5.91 Å². The monoisotopic (exact) mass is 317 g/mol. The molecule has 0 bridgehead atoms. The van der Waals surface area contributed by atoms with Gasteiger partial charge in [0, 0.05) is 22.1 Å². The zero-order valence-corrected chi connectivity index (χ0v) is 11.7. The Bertz CT molecular complexity index is 642. The predicted octanol–water partition coefficient (Wildman–Crippen LogP) is 3.10. The molecule has 1 N–H and O–H groups in total. The van der Waals surface area contributed by atoms with Crippen molar-refractivity contribution in [3.63, 3.8) is 0 Å². The van der Waals surface area contributed by atoms with Gasteiger partial charge in [-0.2, -0.15) is 0 Å². The maximum Gasteiger partial charge on any atom is 0.256 e. The first-order valence-corrected chi connectivity index (χ1v) is 6.79. The second-order valence-corrected chi connectivity index (χ2v) is 5.34. The predicted molar refractivity (Wildman–Crippen MR) is 75.4 cm³/mol. The van der Waals surface area contributed by atoms with Crippen LogP contribution in [0.2, 0.25) is 0 Å². The van der Waals surface area contributed by atoms with Gasteiger partial charge in [-0.1, -0.05) is 52.3 Å². The number of fused-ring (bicyclic) bond motifs is 1. The largest absolute Gasteiger partial charge is 0.369 e. The molecule has 3 rings (SSSR count). The van der Waals surface area contributed by atoms with Crippen LogP contribution in [0.1, 0.15) is 27.7 Å². The van der Waals surface area contributed by atoms with Crippen LogP contribution in [0.4, 0.5) is 0 Å². The maximum absolute atomic E-state index is 12.3. The van der Waals surface area contributed by atoms with Crippen LogP contribution < -0.4 is 0 Å². The zero-order valence-electron chi connectivity index (χ0n) is 10.1. The summed E-state index contributed by atoms with van der Waals surface area (Å²) >= 11 is 3.46. The molecule has 1 aliphatic rings. The van der Waals surface area contributed by atoms with Crippen molar-refractivity contribution < 1.29 is 9.90 Å². The minimum atomic E-state index is -0.865. The summed E-state index contributed by atoms with van der Waals surface area (Å²) in [5.41, 5.74) is 2.24. The van der Waals surface area contributed by atoms with E-state index in [1.54, 1.807) is 12.1 Å². The Hall–Kier alpha value is -1.65. The lowest BCUT2D eigenvalue weighted by Gasteiger charge is -2.21. The Kier molecular flexibility index (Phi) is 3.12. The molecular formula is C15H12BrNO2. The highest BCUT2D eigenvalue weighted by atomic mass is 79.9. The molecule has 1 heterocycles. The number of carbonyl (C=O) groups excluding carboxylic acids is 1. The van der Waals surface area contributed by atoms with Crippen LogP contribution in [-0.2, 0) is 6.54 Å². The van der Waals surface area contributed by atoms with E-state index in [9.17, 15) is 9.90 Å². The van der Waals surface area contributed by atoms with Crippen LogP contribution in [0.3, 0.4) is 0 Å². The minimum absolute atomic E-state index is 0.126. The molecule has 19 heavy (non-hydrogen) atoms. The number of amides is 1. The van der Waals surface area contributed by atoms with E-state index in [0.717, 1.165) is 10.0 Å². The summed E-state index contributed by atoms with van der Waals surface area (Å²) in [6.45, 7) is 0.385. The van der Waals surface area contributed by atoms with E-state index in [-0.39, 0.29) is 5.91 Å². The Labute approximate surface area is 119 Å². The van der Waals surface area contributed by atoms with Gasteiger partial charge in [0.2, 0.25) is 0 Å². The molecule has 1 atom stereocenters. The number of aliphatic hydroxyl groups excluding tert-OH is 1. The van der Waals surface area contributed by atoms with Crippen LogP contribution in [-0.4, -0.2) is 15.9 Å².